The summed E-state index contributed by atoms with van der Waals surface area (Å²) in [7, 11) is 1.11. The number of aromatic hydroxyl groups is 2. The lowest BCUT2D eigenvalue weighted by Gasteiger charge is -2.19. The fourth-order valence-electron chi connectivity index (χ4n) is 11.8. The van der Waals surface area contributed by atoms with Crippen LogP contribution in [0.1, 0.15) is 5.56 Å². The third-order valence-corrected chi connectivity index (χ3v) is 28.0. The van der Waals surface area contributed by atoms with Gasteiger partial charge >= 0.3 is 0 Å². The van der Waals surface area contributed by atoms with E-state index in [0.29, 0.717) is 5.75 Å². The molecule has 0 aliphatic carbocycles. The zero-order chi connectivity index (χ0) is 70.1. The van der Waals surface area contributed by atoms with Crippen molar-refractivity contribution in [3.05, 3.63) is 400 Å². The Balaban J connectivity index is 0.000000109. The number of ether oxygens (including phenoxy) is 4. The Kier molecular flexibility index (Phi) is 22.5. The molecule has 103 heavy (non-hydrogen) atoms. The van der Waals surface area contributed by atoms with Gasteiger partial charge in [-0.15, -0.1) is 0 Å². The molecule has 0 atom stereocenters. The predicted molar refractivity (Wildman–Crippen MR) is 422 cm³/mol. The van der Waals surface area contributed by atoms with E-state index in [1.54, 1.807) is 31.4 Å². The summed E-state index contributed by atoms with van der Waals surface area (Å²) in [4.78, 5) is 19.0. The molecule has 18 rings (SSSR count). The summed E-state index contributed by atoms with van der Waals surface area (Å²) in [6, 6.07) is 135. The minimum absolute atomic E-state index is 0.0804. The zero-order valence-corrected chi connectivity index (χ0v) is 60.7. The number of phenolic OH excluding ortho intramolecular Hbond substituents is 2. The van der Waals surface area contributed by atoms with Crippen molar-refractivity contribution in [3.63, 3.8) is 0 Å². The number of rotatable bonds is 10. The van der Waals surface area contributed by atoms with E-state index in [-0.39, 0.29) is 60.2 Å². The van der Waals surface area contributed by atoms with E-state index in [0.717, 1.165) is 40.2 Å². The normalized spacial score (nSPS) is 12.2. The van der Waals surface area contributed by atoms with Gasteiger partial charge in [0.2, 0.25) is 29.4 Å². The van der Waals surface area contributed by atoms with Gasteiger partial charge in [-0.2, -0.15) is 0 Å². The molecule has 11 heteroatoms. The summed E-state index contributed by atoms with van der Waals surface area (Å²) >= 11 is 0. The van der Waals surface area contributed by atoms with Gasteiger partial charge in [0.1, 0.15) is 49.9 Å². The highest BCUT2D eigenvalue weighted by Crippen LogP contribution is 2.50. The van der Waals surface area contributed by atoms with Gasteiger partial charge < -0.3 is 29.2 Å². The summed E-state index contributed by atoms with van der Waals surface area (Å²) in [5.74, 6) is 7.19. The van der Waals surface area contributed by atoms with Crippen molar-refractivity contribution in [1.29, 1.82) is 0 Å². The maximum Gasteiger partial charge on any atom is 0.209 e. The van der Waals surface area contributed by atoms with Crippen molar-refractivity contribution >= 4 is 54.5 Å². The van der Waals surface area contributed by atoms with Crippen molar-refractivity contribution < 1.29 is 29.2 Å². The molecule has 0 radical (unpaired) electrons. The van der Waals surface area contributed by atoms with Crippen LogP contribution in [0.3, 0.4) is 0 Å². The monoisotopic (exact) mass is 1430 g/mol. The van der Waals surface area contributed by atoms with E-state index < -0.39 is 0 Å². The first kappa shape index (κ1) is 69.0. The standard InChI is InChI=1S/C19H15OS.C19H17OS.C18H12O2S.C18H13OS.C18H14OS/c1-14-10-12-15(13-11-14)21-18-8-4-2-6-16(18)20-17-7-3-5-9-19(17)21;1-20-16-12-14-19(15-13-16)21(17-8-4-2-5-9-17)18-10-6-3-7-11-18;19-13-9-11-14(12-10-13)21-17-7-3-1-5-15(17)20-16-6-2-4-8-18(16)21;1-2-8-14(9-3-1)20-17-12-6-4-10-15(17)19-16-11-5-7-13-18(16)20;19-15-11-13-18(14-12-15)20(16-7-3-1-4-8-16)17-9-5-2-6-10-17/h2-13H,1H3;2-15H,1H3;1-12H;1-13H;1-14H/q2*+1;;+1;/p+2. The van der Waals surface area contributed by atoms with Crippen LogP contribution in [0.15, 0.2) is 468 Å². The number of phenols is 2. The number of benzene rings is 15. The molecule has 0 fully saturated rings. The fourth-order valence-corrected chi connectivity index (χ4v) is 22.6. The molecule has 15 aromatic rings. The van der Waals surface area contributed by atoms with E-state index >= 15 is 0 Å². The molecule has 6 nitrogen and oxygen atoms in total. The number of fused-ring (bicyclic) bond motifs is 6. The molecule has 0 unspecified atom stereocenters. The molecule has 502 valence electrons. The van der Waals surface area contributed by atoms with Crippen molar-refractivity contribution in [2.24, 2.45) is 0 Å². The lowest BCUT2D eigenvalue weighted by molar-refractivity contribution is 0.414. The smallest absolute Gasteiger partial charge is 0.209 e. The molecule has 3 aliphatic rings. The summed E-state index contributed by atoms with van der Waals surface area (Å²) in [5.41, 5.74) is 1.29. The molecule has 0 spiro atoms. The molecule has 3 heterocycles. The van der Waals surface area contributed by atoms with Crippen molar-refractivity contribution in [3.8, 4) is 51.7 Å². The molecule has 0 aromatic heterocycles. The molecule has 3 aliphatic heterocycles. The maximum atomic E-state index is 9.52. The average molecular weight is 1430 g/mol. The number of hydrogen-bond acceptors (Lipinski definition) is 6. The van der Waals surface area contributed by atoms with Crippen LogP contribution < -0.4 is 18.9 Å². The molecule has 15 aromatic carbocycles. The Morgan fingerprint density at radius 1 is 0.233 bits per heavy atom. The van der Waals surface area contributed by atoms with Gasteiger partial charge in [-0.25, -0.2) is 0 Å². The first-order valence-corrected chi connectivity index (χ1v) is 39.8. The average Bonchev–Trinajstić information content (AvgIpc) is 0.606. The van der Waals surface area contributed by atoms with Crippen LogP contribution in [0.2, 0.25) is 0 Å². The quantitative estimate of drug-likeness (QED) is 0.133. The molecule has 0 amide bonds. The first-order chi connectivity index (χ1) is 50.8. The highest BCUT2D eigenvalue weighted by atomic mass is 32.2. The summed E-state index contributed by atoms with van der Waals surface area (Å²) < 4.78 is 23.4. The van der Waals surface area contributed by atoms with Gasteiger partial charge in [0, 0.05) is 0 Å². The fraction of sp³-hybridized carbons (Fsp3) is 0.0217. The van der Waals surface area contributed by atoms with Gasteiger partial charge in [0.15, 0.2) is 78.6 Å². The van der Waals surface area contributed by atoms with E-state index in [1.165, 1.54) is 79.0 Å². The van der Waals surface area contributed by atoms with Gasteiger partial charge in [-0.1, -0.05) is 181 Å². The van der Waals surface area contributed by atoms with Gasteiger partial charge in [-0.05, 0) is 225 Å². The van der Waals surface area contributed by atoms with Crippen LogP contribution in [-0.2, 0) is 54.5 Å². The third-order valence-electron chi connectivity index (χ3n) is 16.7. The third kappa shape index (κ3) is 16.4. The maximum absolute atomic E-state index is 9.52. The van der Waals surface area contributed by atoms with Crippen LogP contribution in [0.25, 0.3) is 0 Å². The molecular weight excluding hydrogens is 1360 g/mol. The van der Waals surface area contributed by atoms with Crippen molar-refractivity contribution in [1.82, 2.24) is 0 Å². The second-order valence-electron chi connectivity index (χ2n) is 23.6. The lowest BCUT2D eigenvalue weighted by Crippen LogP contribution is -2.12. The molecule has 0 saturated heterocycles. The van der Waals surface area contributed by atoms with Gasteiger partial charge in [0.05, 0.1) is 28.9 Å². The van der Waals surface area contributed by atoms with E-state index in [2.05, 4.69) is 256 Å². The molecule has 0 bridgehead atoms. The first-order valence-electron chi connectivity index (χ1n) is 33.6. The van der Waals surface area contributed by atoms with Crippen LogP contribution in [0.5, 0.6) is 51.7 Å². The topological polar surface area (TPSA) is 77.4 Å². The van der Waals surface area contributed by atoms with Crippen LogP contribution in [-0.4, -0.2) is 17.3 Å². The zero-order valence-electron chi connectivity index (χ0n) is 56.6. The van der Waals surface area contributed by atoms with Crippen molar-refractivity contribution in [2.45, 2.75) is 80.4 Å². The highest BCUT2D eigenvalue weighted by Gasteiger charge is 2.42. The number of para-hydroxylation sites is 6. The Morgan fingerprint density at radius 2 is 0.447 bits per heavy atom. The second-order valence-corrected chi connectivity index (χ2v) is 33.5. The Labute approximate surface area is 617 Å². The summed E-state index contributed by atoms with van der Waals surface area (Å²) in [6.45, 7) is 2.12. The lowest BCUT2D eigenvalue weighted by atomic mass is 10.2. The molecule has 2 N–H and O–H groups in total. The van der Waals surface area contributed by atoms with E-state index in [4.69, 9.17) is 18.9 Å². The summed E-state index contributed by atoms with van der Waals surface area (Å²) in [5, 5.41) is 19.0. The number of methoxy groups -OCH3 is 1. The van der Waals surface area contributed by atoms with E-state index in [9.17, 15) is 10.2 Å². The largest absolute Gasteiger partial charge is 0.508 e. The van der Waals surface area contributed by atoms with Crippen LogP contribution >= 0.6 is 0 Å². The SMILES string of the molecule is COc1ccc([S+](c2ccccc2)c2ccccc2)cc1.Cc1ccc([S+]2c3ccccc3Oc3ccccc32)cc1.Oc1ccc([S+](c2ccccc2)c2ccccc2)cc1.Oc1ccc([S+]2c3ccccc3Oc3ccccc32)cc1.c1ccc([S+]2c3ccccc3Oc3ccccc32)cc1. The van der Waals surface area contributed by atoms with Gasteiger partial charge in [-0.3, -0.25) is 0 Å². The number of hydrogen-bond donors (Lipinski definition) is 2. The molecular formula is C92H73O6S5+5. The second kappa shape index (κ2) is 33.6. The van der Waals surface area contributed by atoms with E-state index in [1.807, 2.05) is 121 Å². The number of aryl methyl sites for hydroxylation is 1. The molecule has 0 saturated carbocycles. The predicted octanol–water partition coefficient (Wildman–Crippen LogP) is 24.0. The Hall–Kier alpha value is -11.2. The minimum Gasteiger partial charge on any atom is -0.508 e. The Bertz CT molecular complexity index is 4860. The van der Waals surface area contributed by atoms with Gasteiger partial charge in [0.25, 0.3) is 0 Å². The van der Waals surface area contributed by atoms with Crippen molar-refractivity contribution in [2.75, 3.05) is 7.11 Å². The highest BCUT2D eigenvalue weighted by molar-refractivity contribution is 7.98. The summed E-state index contributed by atoms with van der Waals surface area (Å²) in [6.07, 6.45) is 0. The van der Waals surface area contributed by atoms with Crippen LogP contribution in [0.4, 0.5) is 0 Å². The minimum atomic E-state index is -0.202. The Morgan fingerprint density at radius 3 is 0.728 bits per heavy atom. The van der Waals surface area contributed by atoms with Crippen LogP contribution in [0, 0.1) is 6.92 Å².